The average Bonchev–Trinajstić information content (AvgIpc) is 3.95. The lowest BCUT2D eigenvalue weighted by Gasteiger charge is -2.26. The SMILES string of the molecule is Cc1ccc2c(c1)c1cc(C)ccc1n2-c1ccc(-c2nc(-c3cc(C(C)(C)C)cc(C(C)(C)C)c3)nc(-c3cc(C(C)(C)C)cc(C(C)(C)C)c3)n2)cc1-c1ccncc1-n1c2ccc(C)cc2c2cc(C)ccc21. The zero-order valence-corrected chi connectivity index (χ0v) is 47.5. The van der Waals surface area contributed by atoms with Crippen LogP contribution < -0.4 is 0 Å². The fraction of sp³-hybridized carbons (Fsp3) is 0.286. The van der Waals surface area contributed by atoms with Crippen molar-refractivity contribution in [2.45, 2.75) is 132 Å². The van der Waals surface area contributed by atoms with Gasteiger partial charge < -0.3 is 9.13 Å². The lowest BCUT2D eigenvalue weighted by molar-refractivity contribution is 0.568. The molecule has 382 valence electrons. The second-order valence-electron chi connectivity index (χ2n) is 25.8. The van der Waals surface area contributed by atoms with Crippen LogP contribution in [-0.4, -0.2) is 29.1 Å². The van der Waals surface area contributed by atoms with Gasteiger partial charge >= 0.3 is 0 Å². The van der Waals surface area contributed by atoms with Crippen molar-refractivity contribution >= 4 is 43.6 Å². The summed E-state index contributed by atoms with van der Waals surface area (Å²) < 4.78 is 4.86. The van der Waals surface area contributed by atoms with E-state index in [1.807, 2.05) is 12.4 Å². The van der Waals surface area contributed by atoms with Gasteiger partial charge in [0, 0.05) is 55.6 Å². The van der Waals surface area contributed by atoms with Crippen LogP contribution in [0.1, 0.15) is 128 Å². The molecule has 7 aromatic carbocycles. The van der Waals surface area contributed by atoms with E-state index >= 15 is 0 Å². The van der Waals surface area contributed by atoms with Gasteiger partial charge in [0.2, 0.25) is 0 Å². The van der Waals surface area contributed by atoms with Crippen molar-refractivity contribution in [3.63, 3.8) is 0 Å². The molecule has 0 aliphatic rings. The first-order valence-corrected chi connectivity index (χ1v) is 27.0. The van der Waals surface area contributed by atoms with Gasteiger partial charge in [0.25, 0.3) is 0 Å². The molecule has 0 aliphatic carbocycles. The van der Waals surface area contributed by atoms with Gasteiger partial charge in [-0.1, -0.05) is 142 Å². The first kappa shape index (κ1) is 50.5. The van der Waals surface area contributed by atoms with Crippen LogP contribution >= 0.6 is 0 Å². The van der Waals surface area contributed by atoms with Crippen LogP contribution in [0.2, 0.25) is 0 Å². The number of nitrogens with zero attached hydrogens (tertiary/aromatic N) is 6. The van der Waals surface area contributed by atoms with E-state index in [-0.39, 0.29) is 21.7 Å². The molecule has 0 atom stereocenters. The van der Waals surface area contributed by atoms with Gasteiger partial charge in [0.05, 0.1) is 39.6 Å². The van der Waals surface area contributed by atoms with E-state index in [1.54, 1.807) is 0 Å². The summed E-state index contributed by atoms with van der Waals surface area (Å²) in [5.74, 6) is 1.90. The van der Waals surface area contributed by atoms with E-state index in [9.17, 15) is 0 Å². The molecule has 0 N–H and O–H groups in total. The summed E-state index contributed by atoms with van der Waals surface area (Å²) >= 11 is 0. The fourth-order valence-electron chi connectivity index (χ4n) is 10.9. The van der Waals surface area contributed by atoms with E-state index in [1.165, 1.54) is 66.1 Å². The van der Waals surface area contributed by atoms with E-state index in [0.717, 1.165) is 61.3 Å². The Morgan fingerprint density at radius 1 is 0.316 bits per heavy atom. The molecule has 4 aromatic heterocycles. The highest BCUT2D eigenvalue weighted by Gasteiger charge is 2.27. The molecular formula is C70H72N6. The zero-order chi connectivity index (χ0) is 54.0. The monoisotopic (exact) mass is 997 g/mol. The summed E-state index contributed by atoms with van der Waals surface area (Å²) in [6.45, 7) is 36.1. The summed E-state index contributed by atoms with van der Waals surface area (Å²) in [6, 6.07) is 50.2. The lowest BCUT2D eigenvalue weighted by Crippen LogP contribution is -2.17. The third-order valence-corrected chi connectivity index (χ3v) is 15.5. The predicted molar refractivity (Wildman–Crippen MR) is 322 cm³/mol. The van der Waals surface area contributed by atoms with Crippen molar-refractivity contribution in [3.8, 4) is 56.7 Å². The Hall–Kier alpha value is -7.70. The zero-order valence-electron chi connectivity index (χ0n) is 47.5. The lowest BCUT2D eigenvalue weighted by atomic mass is 9.79. The van der Waals surface area contributed by atoms with Crippen molar-refractivity contribution < 1.29 is 0 Å². The minimum Gasteiger partial charge on any atom is -0.309 e. The van der Waals surface area contributed by atoms with Crippen molar-refractivity contribution in [2.75, 3.05) is 0 Å². The van der Waals surface area contributed by atoms with Crippen LogP contribution in [0.3, 0.4) is 0 Å². The molecule has 11 aromatic rings. The standard InChI is InChI=1S/C70H72N6/c1-41-17-22-58-53(29-41)54-30-42(2)18-23-59(54)75(58)62-26-21-45(37-57(62)52-27-28-71-40-63(52)76-60-24-19-43(3)31-55(60)56-32-44(4)20-25-61(56)76)64-72-65(46-33-48(67(5,6)7)38-49(34-46)68(8,9)10)74-66(73-64)47-35-50(69(11,12)13)39-51(36-47)70(14,15)16/h17-40H,1-16H3. The number of fused-ring (bicyclic) bond motifs is 6. The highest BCUT2D eigenvalue weighted by atomic mass is 15.0. The van der Waals surface area contributed by atoms with Crippen molar-refractivity contribution in [3.05, 3.63) is 190 Å². The van der Waals surface area contributed by atoms with Crippen LogP contribution in [-0.2, 0) is 21.7 Å². The Kier molecular flexibility index (Phi) is 11.9. The maximum Gasteiger partial charge on any atom is 0.164 e. The summed E-state index contributed by atoms with van der Waals surface area (Å²) in [5, 5.41) is 4.89. The molecule has 0 bridgehead atoms. The summed E-state index contributed by atoms with van der Waals surface area (Å²) in [4.78, 5) is 21.5. The Morgan fingerprint density at radius 3 is 1.01 bits per heavy atom. The smallest absolute Gasteiger partial charge is 0.164 e. The van der Waals surface area contributed by atoms with Gasteiger partial charge in [-0.15, -0.1) is 0 Å². The van der Waals surface area contributed by atoms with Crippen molar-refractivity contribution in [2.24, 2.45) is 0 Å². The van der Waals surface area contributed by atoms with Crippen LogP contribution in [0.25, 0.3) is 100 Å². The minimum absolute atomic E-state index is 0.109. The molecule has 6 nitrogen and oxygen atoms in total. The van der Waals surface area contributed by atoms with Gasteiger partial charge in [0.1, 0.15) is 0 Å². The fourth-order valence-corrected chi connectivity index (χ4v) is 10.9. The molecule has 4 heterocycles. The van der Waals surface area contributed by atoms with Crippen molar-refractivity contribution in [1.82, 2.24) is 29.1 Å². The number of rotatable bonds is 6. The molecule has 0 saturated carbocycles. The van der Waals surface area contributed by atoms with Crippen LogP contribution in [0, 0.1) is 27.7 Å². The molecule has 0 amide bonds. The van der Waals surface area contributed by atoms with Gasteiger partial charge in [-0.3, -0.25) is 4.98 Å². The first-order chi connectivity index (χ1) is 35.8. The van der Waals surface area contributed by atoms with Gasteiger partial charge in [0.15, 0.2) is 17.5 Å². The Balaban J connectivity index is 1.25. The minimum atomic E-state index is -0.109. The van der Waals surface area contributed by atoms with Crippen LogP contribution in [0.4, 0.5) is 0 Å². The molecule has 0 unspecified atom stereocenters. The number of aryl methyl sites for hydroxylation is 4. The maximum absolute atomic E-state index is 5.56. The first-order valence-electron chi connectivity index (χ1n) is 27.0. The number of pyridine rings is 1. The Morgan fingerprint density at radius 2 is 0.658 bits per heavy atom. The molecule has 0 fully saturated rings. The Labute approximate surface area is 450 Å². The molecule has 0 radical (unpaired) electrons. The Bertz CT molecular complexity index is 3860. The maximum atomic E-state index is 5.56. The number of hydrogen-bond acceptors (Lipinski definition) is 4. The molecule has 0 aliphatic heterocycles. The van der Waals surface area contributed by atoms with Gasteiger partial charge in [-0.05, 0) is 169 Å². The molecule has 6 heteroatoms. The topological polar surface area (TPSA) is 61.4 Å². The summed E-state index contributed by atoms with van der Waals surface area (Å²) in [5.41, 5.74) is 20.9. The molecular weight excluding hydrogens is 925 g/mol. The van der Waals surface area contributed by atoms with E-state index < -0.39 is 0 Å². The largest absolute Gasteiger partial charge is 0.309 e. The second kappa shape index (κ2) is 18.0. The normalized spacial score (nSPS) is 12.7. The van der Waals surface area contributed by atoms with Crippen LogP contribution in [0.15, 0.2) is 146 Å². The summed E-state index contributed by atoms with van der Waals surface area (Å²) in [6.07, 6.45) is 3.96. The highest BCUT2D eigenvalue weighted by molar-refractivity contribution is 6.12. The van der Waals surface area contributed by atoms with Crippen LogP contribution in [0.5, 0.6) is 0 Å². The molecule has 11 rings (SSSR count). The molecule has 0 saturated heterocycles. The number of hydrogen-bond donors (Lipinski definition) is 0. The quantitative estimate of drug-likeness (QED) is 0.167. The van der Waals surface area contributed by atoms with E-state index in [0.29, 0.717) is 17.5 Å². The summed E-state index contributed by atoms with van der Waals surface area (Å²) in [7, 11) is 0. The van der Waals surface area contributed by atoms with Crippen molar-refractivity contribution in [1.29, 1.82) is 0 Å². The van der Waals surface area contributed by atoms with Gasteiger partial charge in [-0.25, -0.2) is 15.0 Å². The third kappa shape index (κ3) is 9.10. The number of aromatic nitrogens is 6. The predicted octanol–water partition coefficient (Wildman–Crippen LogP) is 18.6. The third-order valence-electron chi connectivity index (χ3n) is 15.5. The number of benzene rings is 7. The average molecular weight is 997 g/mol. The highest BCUT2D eigenvalue weighted by Crippen LogP contribution is 2.44. The van der Waals surface area contributed by atoms with E-state index in [4.69, 9.17) is 19.9 Å². The molecule has 0 spiro atoms. The van der Waals surface area contributed by atoms with Gasteiger partial charge in [-0.2, -0.15) is 0 Å². The molecule has 76 heavy (non-hydrogen) atoms. The van der Waals surface area contributed by atoms with E-state index in [2.05, 4.69) is 253 Å². The second-order valence-corrected chi connectivity index (χ2v) is 25.8.